The molecule has 0 spiro atoms. The summed E-state index contributed by atoms with van der Waals surface area (Å²) in [5.74, 6) is -1.73. The van der Waals surface area contributed by atoms with Crippen molar-refractivity contribution in [3.63, 3.8) is 0 Å². The number of hydrogen-bond donors (Lipinski definition) is 2. The van der Waals surface area contributed by atoms with E-state index >= 15 is 0 Å². The summed E-state index contributed by atoms with van der Waals surface area (Å²) in [7, 11) is 0. The number of primary amides is 2. The van der Waals surface area contributed by atoms with E-state index in [4.69, 9.17) is 18.0 Å². The van der Waals surface area contributed by atoms with Crippen molar-refractivity contribution in [2.45, 2.75) is 45.8 Å². The monoisotopic (exact) mass is 372 g/mol. The average molecular weight is 372 g/mol. The van der Waals surface area contributed by atoms with E-state index in [1.807, 2.05) is 13.8 Å². The molecule has 0 aromatic carbocycles. The number of carbonyl (C=O) groups excluding carboxylic acids is 3. The van der Waals surface area contributed by atoms with E-state index in [-0.39, 0.29) is 41.4 Å². The Morgan fingerprint density at radius 2 is 1.70 bits per heavy atom. The first kappa shape index (κ1) is 30.5. The van der Waals surface area contributed by atoms with Gasteiger partial charge >= 0.3 is 29.6 Å². The molecule has 2 amide bonds. The molecular formula is C14H25N2NaO4S2. The van der Waals surface area contributed by atoms with Gasteiger partial charge in [0.05, 0.1) is 10.7 Å². The molecule has 0 heterocycles. The van der Waals surface area contributed by atoms with Crippen LogP contribution in [0.15, 0.2) is 12.7 Å². The van der Waals surface area contributed by atoms with Crippen LogP contribution in [0.25, 0.3) is 0 Å². The van der Waals surface area contributed by atoms with Gasteiger partial charge in [-0.3, -0.25) is 9.59 Å². The summed E-state index contributed by atoms with van der Waals surface area (Å²) in [6.45, 7) is 11.7. The molecule has 0 fully saturated rings. The minimum absolute atomic E-state index is 0. The van der Waals surface area contributed by atoms with E-state index in [0.29, 0.717) is 4.20 Å². The third-order valence-electron chi connectivity index (χ3n) is 2.19. The second-order valence-corrected chi connectivity index (χ2v) is 7.42. The van der Waals surface area contributed by atoms with Crippen LogP contribution >= 0.6 is 24.0 Å². The number of carboxylic acids is 1. The summed E-state index contributed by atoms with van der Waals surface area (Å²) in [6.07, 6.45) is 1.90. The zero-order valence-corrected chi connectivity index (χ0v) is 18.3. The summed E-state index contributed by atoms with van der Waals surface area (Å²) in [4.78, 5) is 30.0. The third-order valence-corrected chi connectivity index (χ3v) is 3.40. The second kappa shape index (κ2) is 16.4. The Hall–Kier alpha value is -0.410. The van der Waals surface area contributed by atoms with Crippen LogP contribution < -0.4 is 46.1 Å². The predicted octanol–water partition coefficient (Wildman–Crippen LogP) is -2.23. The molecule has 1 atom stereocenters. The standard InChI is InChI=1S/C6H10O2S2.C5H11NO.C3H5NO.Na/c1-4(9)10-6(2,3)5(7)8;1-3-4(2)5(6)7;1-2-3(4)5;/h1-3H3,(H,7,8);4H,3H2,1-2H3,(H2,6,7);2H,1H2,(H2,4,5);/q;;;+1/p-1. The minimum Gasteiger partial charge on any atom is -0.549 e. The molecule has 0 aliphatic heterocycles. The fourth-order valence-electron chi connectivity index (χ4n) is 0.602. The summed E-state index contributed by atoms with van der Waals surface area (Å²) < 4.78 is -0.277. The zero-order valence-electron chi connectivity index (χ0n) is 14.7. The Morgan fingerprint density at radius 3 is 1.74 bits per heavy atom. The van der Waals surface area contributed by atoms with Crippen molar-refractivity contribution in [1.82, 2.24) is 0 Å². The maximum Gasteiger partial charge on any atom is 1.00 e. The van der Waals surface area contributed by atoms with Crippen LogP contribution in [0.3, 0.4) is 0 Å². The summed E-state index contributed by atoms with van der Waals surface area (Å²) >= 11 is 5.87. The number of carboxylic acid groups (broad SMARTS) is 1. The smallest absolute Gasteiger partial charge is 0.549 e. The van der Waals surface area contributed by atoms with Crippen LogP contribution in [0.5, 0.6) is 0 Å². The number of thioether (sulfide) groups is 1. The second-order valence-electron chi connectivity index (χ2n) is 4.71. The van der Waals surface area contributed by atoms with Gasteiger partial charge in [-0.1, -0.05) is 32.6 Å². The Morgan fingerprint density at radius 1 is 1.35 bits per heavy atom. The summed E-state index contributed by atoms with van der Waals surface area (Å²) in [5, 5.41) is 10.4. The first-order valence-electron chi connectivity index (χ1n) is 6.43. The van der Waals surface area contributed by atoms with Gasteiger partial charge in [0.25, 0.3) is 0 Å². The molecule has 0 aliphatic rings. The molecule has 9 heteroatoms. The molecule has 0 aromatic rings. The van der Waals surface area contributed by atoms with Gasteiger partial charge in [0, 0.05) is 10.1 Å². The van der Waals surface area contributed by atoms with E-state index in [1.165, 1.54) is 0 Å². The molecule has 0 radical (unpaired) electrons. The predicted molar refractivity (Wildman–Crippen MR) is 93.0 cm³/mol. The SMILES string of the molecule is C=CC(N)=O.CC(=S)SC(C)(C)C(=O)[O-].CCC(C)C(N)=O.[Na+]. The van der Waals surface area contributed by atoms with Crippen LogP contribution in [0.2, 0.25) is 0 Å². The van der Waals surface area contributed by atoms with Crippen LogP contribution in [-0.4, -0.2) is 26.7 Å². The first-order chi connectivity index (χ1) is 9.81. The minimum atomic E-state index is -1.08. The van der Waals surface area contributed by atoms with Crippen molar-refractivity contribution in [3.05, 3.63) is 12.7 Å². The van der Waals surface area contributed by atoms with Crippen molar-refractivity contribution in [2.75, 3.05) is 0 Å². The molecule has 4 N–H and O–H groups in total. The number of rotatable bonds is 5. The molecular weight excluding hydrogens is 347 g/mol. The van der Waals surface area contributed by atoms with Gasteiger partial charge in [0.2, 0.25) is 11.8 Å². The van der Waals surface area contributed by atoms with Crippen molar-refractivity contribution in [3.8, 4) is 0 Å². The summed E-state index contributed by atoms with van der Waals surface area (Å²) in [6, 6.07) is 0. The quantitative estimate of drug-likeness (QED) is 0.320. The Labute approximate surface area is 170 Å². The molecule has 0 saturated heterocycles. The molecule has 0 bridgehead atoms. The fourth-order valence-corrected chi connectivity index (χ4v) is 2.03. The molecule has 1 unspecified atom stereocenters. The van der Waals surface area contributed by atoms with Crippen LogP contribution in [0.4, 0.5) is 0 Å². The normalized spacial score (nSPS) is 10.3. The van der Waals surface area contributed by atoms with Crippen molar-refractivity contribution < 1.29 is 49.0 Å². The van der Waals surface area contributed by atoms with E-state index in [9.17, 15) is 19.5 Å². The van der Waals surface area contributed by atoms with Crippen molar-refractivity contribution in [1.29, 1.82) is 0 Å². The Balaban J connectivity index is -0.000000123. The number of aliphatic carboxylic acids is 1. The van der Waals surface area contributed by atoms with Gasteiger partial charge in [0.15, 0.2) is 0 Å². The van der Waals surface area contributed by atoms with Gasteiger partial charge in [-0.2, -0.15) is 0 Å². The van der Waals surface area contributed by atoms with E-state index in [1.54, 1.807) is 20.8 Å². The molecule has 0 aromatic heterocycles. The fraction of sp³-hybridized carbons (Fsp3) is 0.571. The van der Waals surface area contributed by atoms with Gasteiger partial charge in [-0.05, 0) is 33.3 Å². The number of carbonyl (C=O) groups is 3. The number of amides is 2. The van der Waals surface area contributed by atoms with Gasteiger partial charge in [-0.15, -0.1) is 11.8 Å². The van der Waals surface area contributed by atoms with E-state index < -0.39 is 16.6 Å². The number of hydrogen-bond acceptors (Lipinski definition) is 6. The molecule has 23 heavy (non-hydrogen) atoms. The van der Waals surface area contributed by atoms with Gasteiger partial charge in [-0.25, -0.2) is 0 Å². The maximum atomic E-state index is 10.4. The molecule has 0 aliphatic carbocycles. The topological polar surface area (TPSA) is 126 Å². The Bertz CT molecular complexity index is 416. The zero-order chi connectivity index (χ0) is 18.5. The van der Waals surface area contributed by atoms with Crippen LogP contribution in [-0.2, 0) is 14.4 Å². The average Bonchev–Trinajstić information content (AvgIpc) is 2.37. The first-order valence-corrected chi connectivity index (χ1v) is 7.66. The number of nitrogens with two attached hydrogens (primary N) is 2. The van der Waals surface area contributed by atoms with Crippen molar-refractivity contribution >= 4 is 46.0 Å². The van der Waals surface area contributed by atoms with Crippen LogP contribution in [0.1, 0.15) is 41.0 Å². The third kappa shape index (κ3) is 24.0. The maximum absolute atomic E-state index is 10.4. The number of thiocarbonyl (C=S) groups is 1. The van der Waals surface area contributed by atoms with E-state index in [0.717, 1.165) is 24.3 Å². The van der Waals surface area contributed by atoms with Crippen molar-refractivity contribution in [2.24, 2.45) is 17.4 Å². The van der Waals surface area contributed by atoms with Gasteiger partial charge in [0.1, 0.15) is 0 Å². The molecule has 0 saturated carbocycles. The summed E-state index contributed by atoms with van der Waals surface area (Å²) in [5.41, 5.74) is 9.44. The van der Waals surface area contributed by atoms with Crippen LogP contribution in [0, 0.1) is 5.92 Å². The molecule has 0 rings (SSSR count). The largest absolute Gasteiger partial charge is 1.00 e. The molecule has 128 valence electrons. The Kier molecular flexibility index (Phi) is 21.8. The molecule has 6 nitrogen and oxygen atoms in total. The van der Waals surface area contributed by atoms with E-state index in [2.05, 4.69) is 12.3 Å². The van der Waals surface area contributed by atoms with Gasteiger partial charge < -0.3 is 21.4 Å².